The van der Waals surface area contributed by atoms with Crippen molar-refractivity contribution in [2.24, 2.45) is 0 Å². The highest BCUT2D eigenvalue weighted by atomic mass is 32.2. The van der Waals surface area contributed by atoms with Crippen molar-refractivity contribution >= 4 is 21.8 Å². The van der Waals surface area contributed by atoms with E-state index in [0.717, 1.165) is 5.56 Å². The van der Waals surface area contributed by atoms with Crippen LogP contribution >= 0.6 is 0 Å². The van der Waals surface area contributed by atoms with Gasteiger partial charge in [-0.1, -0.05) is 29.8 Å². The van der Waals surface area contributed by atoms with Gasteiger partial charge in [-0.3, -0.25) is 0 Å². The molecule has 2 N–H and O–H groups in total. The fourth-order valence-corrected chi connectivity index (χ4v) is 4.60. The molecule has 1 atom stereocenters. The zero-order valence-corrected chi connectivity index (χ0v) is 18.3. The lowest BCUT2D eigenvalue weighted by Gasteiger charge is -2.29. The number of esters is 1. The van der Waals surface area contributed by atoms with Crippen LogP contribution in [0.4, 0.5) is 4.79 Å². The third-order valence-electron chi connectivity index (χ3n) is 4.80. The van der Waals surface area contributed by atoms with E-state index in [1.54, 1.807) is 36.4 Å². The molecular formula is C22H24N2O6S. The van der Waals surface area contributed by atoms with E-state index in [4.69, 9.17) is 9.47 Å². The summed E-state index contributed by atoms with van der Waals surface area (Å²) in [5.41, 5.74) is 1.51. The standard InChI is InChI=1S/C22H24N2O6S/c1-4-30-16-9-7-15(8-10-16)20-19(21(25)29-3)18(23-22(26)24-20)13-31(27,28)17-11-5-14(2)6-12-17/h5-12,20H,4,13H2,1-3H3,(H2,23,24,26)/t20-/m0/s1. The summed E-state index contributed by atoms with van der Waals surface area (Å²) in [5, 5.41) is 5.14. The number of nitrogens with one attached hydrogen (secondary N) is 2. The Hall–Kier alpha value is -3.33. The summed E-state index contributed by atoms with van der Waals surface area (Å²) in [6, 6.07) is 11.7. The van der Waals surface area contributed by atoms with Gasteiger partial charge in [0.2, 0.25) is 0 Å². The number of methoxy groups -OCH3 is 1. The van der Waals surface area contributed by atoms with Gasteiger partial charge in [0.05, 0.1) is 36.0 Å². The van der Waals surface area contributed by atoms with Crippen LogP contribution in [0.3, 0.4) is 0 Å². The lowest BCUT2D eigenvalue weighted by Crippen LogP contribution is -2.47. The highest BCUT2D eigenvalue weighted by Crippen LogP contribution is 2.30. The summed E-state index contributed by atoms with van der Waals surface area (Å²) in [7, 11) is -2.62. The van der Waals surface area contributed by atoms with Crippen molar-refractivity contribution in [2.45, 2.75) is 24.8 Å². The van der Waals surface area contributed by atoms with Crippen molar-refractivity contribution in [1.82, 2.24) is 10.6 Å². The van der Waals surface area contributed by atoms with Gasteiger partial charge >= 0.3 is 12.0 Å². The quantitative estimate of drug-likeness (QED) is 0.635. The number of hydrogen-bond acceptors (Lipinski definition) is 6. The fourth-order valence-electron chi connectivity index (χ4n) is 3.27. The SMILES string of the molecule is CCOc1ccc([C@@H]2NC(=O)NC(CS(=O)(=O)c3ccc(C)cc3)=C2C(=O)OC)cc1. The predicted octanol–water partition coefficient (Wildman–Crippen LogP) is 2.65. The molecule has 0 bridgehead atoms. The molecule has 31 heavy (non-hydrogen) atoms. The van der Waals surface area contributed by atoms with Crippen LogP contribution in [-0.4, -0.2) is 39.9 Å². The molecule has 0 saturated heterocycles. The topological polar surface area (TPSA) is 111 Å². The lowest BCUT2D eigenvalue weighted by atomic mass is 9.95. The number of hydrogen-bond donors (Lipinski definition) is 2. The van der Waals surface area contributed by atoms with Crippen LogP contribution in [0.1, 0.15) is 24.1 Å². The molecule has 1 aliphatic rings. The zero-order chi connectivity index (χ0) is 22.6. The van der Waals surface area contributed by atoms with Crippen LogP contribution in [0.25, 0.3) is 0 Å². The second-order valence-electron chi connectivity index (χ2n) is 6.99. The van der Waals surface area contributed by atoms with E-state index in [1.807, 2.05) is 13.8 Å². The normalized spacial score (nSPS) is 16.4. The summed E-state index contributed by atoms with van der Waals surface area (Å²) in [6.45, 7) is 4.21. The van der Waals surface area contributed by atoms with E-state index < -0.39 is 33.6 Å². The van der Waals surface area contributed by atoms with E-state index in [-0.39, 0.29) is 16.2 Å². The molecular weight excluding hydrogens is 420 g/mol. The number of amides is 2. The minimum absolute atomic E-state index is 0.0185. The van der Waals surface area contributed by atoms with E-state index in [2.05, 4.69) is 10.6 Å². The second kappa shape index (κ2) is 9.22. The molecule has 1 aliphatic heterocycles. The van der Waals surface area contributed by atoms with Crippen LogP contribution in [-0.2, 0) is 19.4 Å². The summed E-state index contributed by atoms with van der Waals surface area (Å²) >= 11 is 0. The van der Waals surface area contributed by atoms with Crippen molar-refractivity contribution in [3.8, 4) is 5.75 Å². The van der Waals surface area contributed by atoms with Crippen LogP contribution in [0, 0.1) is 6.92 Å². The fraction of sp³-hybridized carbons (Fsp3) is 0.273. The molecule has 1 heterocycles. The van der Waals surface area contributed by atoms with Gasteiger partial charge in [-0.15, -0.1) is 0 Å². The summed E-state index contributed by atoms with van der Waals surface area (Å²) in [6.07, 6.45) is 0. The monoisotopic (exact) mass is 444 g/mol. The number of urea groups is 1. The van der Waals surface area contributed by atoms with E-state index in [9.17, 15) is 18.0 Å². The Bertz CT molecular complexity index is 1110. The molecule has 0 unspecified atom stereocenters. The van der Waals surface area contributed by atoms with E-state index >= 15 is 0 Å². The average molecular weight is 445 g/mol. The van der Waals surface area contributed by atoms with Gasteiger partial charge < -0.3 is 20.1 Å². The van der Waals surface area contributed by atoms with Crippen molar-refractivity contribution in [3.63, 3.8) is 0 Å². The molecule has 0 aromatic heterocycles. The largest absolute Gasteiger partial charge is 0.494 e. The molecule has 2 aromatic rings. The number of sulfone groups is 1. The highest BCUT2D eigenvalue weighted by molar-refractivity contribution is 7.91. The number of benzene rings is 2. The average Bonchev–Trinajstić information content (AvgIpc) is 2.73. The molecule has 0 radical (unpaired) electrons. The molecule has 9 heteroatoms. The Morgan fingerprint density at radius 2 is 1.71 bits per heavy atom. The zero-order valence-electron chi connectivity index (χ0n) is 17.5. The minimum Gasteiger partial charge on any atom is -0.494 e. The Morgan fingerprint density at radius 1 is 1.06 bits per heavy atom. The molecule has 164 valence electrons. The Morgan fingerprint density at radius 3 is 2.29 bits per heavy atom. The first-order valence-electron chi connectivity index (χ1n) is 9.66. The Labute approximate surface area is 181 Å². The summed E-state index contributed by atoms with van der Waals surface area (Å²) in [5.74, 6) is -0.653. The van der Waals surface area contributed by atoms with Gasteiger partial charge in [0, 0.05) is 5.70 Å². The van der Waals surface area contributed by atoms with Gasteiger partial charge in [-0.05, 0) is 43.7 Å². The maximum absolute atomic E-state index is 13.0. The number of ether oxygens (including phenoxy) is 2. The van der Waals surface area contributed by atoms with Gasteiger partial charge in [0.25, 0.3) is 0 Å². The first kappa shape index (κ1) is 22.4. The third kappa shape index (κ3) is 5.05. The van der Waals surface area contributed by atoms with E-state index in [0.29, 0.717) is 17.9 Å². The lowest BCUT2D eigenvalue weighted by molar-refractivity contribution is -0.136. The molecule has 0 aliphatic carbocycles. The Kier molecular flexibility index (Phi) is 6.65. The van der Waals surface area contributed by atoms with Crippen molar-refractivity contribution in [1.29, 1.82) is 0 Å². The number of carbonyl (C=O) groups excluding carboxylic acids is 2. The summed E-state index contributed by atoms with van der Waals surface area (Å²) in [4.78, 5) is 25.0. The van der Waals surface area contributed by atoms with Crippen LogP contribution < -0.4 is 15.4 Å². The smallest absolute Gasteiger partial charge is 0.338 e. The number of rotatable bonds is 7. The van der Waals surface area contributed by atoms with Crippen LogP contribution in [0.15, 0.2) is 64.7 Å². The molecule has 2 amide bonds. The minimum atomic E-state index is -3.82. The first-order valence-corrected chi connectivity index (χ1v) is 11.3. The highest BCUT2D eigenvalue weighted by Gasteiger charge is 2.35. The number of aryl methyl sites for hydroxylation is 1. The van der Waals surface area contributed by atoms with Crippen LogP contribution in [0.2, 0.25) is 0 Å². The number of carbonyl (C=O) groups is 2. The Balaban J connectivity index is 2.04. The molecule has 0 fully saturated rings. The molecule has 0 spiro atoms. The van der Waals surface area contributed by atoms with Crippen LogP contribution in [0.5, 0.6) is 5.75 Å². The van der Waals surface area contributed by atoms with Gasteiger partial charge in [-0.2, -0.15) is 0 Å². The molecule has 3 rings (SSSR count). The third-order valence-corrected chi connectivity index (χ3v) is 6.46. The van der Waals surface area contributed by atoms with Crippen molar-refractivity contribution in [2.75, 3.05) is 19.5 Å². The summed E-state index contributed by atoms with van der Waals surface area (Å²) < 4.78 is 36.2. The van der Waals surface area contributed by atoms with Gasteiger partial charge in [-0.25, -0.2) is 18.0 Å². The van der Waals surface area contributed by atoms with Crippen molar-refractivity contribution < 1.29 is 27.5 Å². The maximum Gasteiger partial charge on any atom is 0.338 e. The van der Waals surface area contributed by atoms with Gasteiger partial charge in [0.1, 0.15) is 5.75 Å². The maximum atomic E-state index is 13.0. The second-order valence-corrected chi connectivity index (χ2v) is 8.98. The van der Waals surface area contributed by atoms with E-state index in [1.165, 1.54) is 19.2 Å². The predicted molar refractivity (Wildman–Crippen MR) is 114 cm³/mol. The van der Waals surface area contributed by atoms with Gasteiger partial charge in [0.15, 0.2) is 9.84 Å². The molecule has 8 nitrogen and oxygen atoms in total. The molecule has 2 aromatic carbocycles. The molecule has 0 saturated carbocycles. The van der Waals surface area contributed by atoms with Crippen molar-refractivity contribution in [3.05, 3.63) is 70.9 Å². The first-order chi connectivity index (χ1) is 14.7.